The van der Waals surface area contributed by atoms with Crippen molar-refractivity contribution in [1.82, 2.24) is 10.6 Å². The lowest BCUT2D eigenvalue weighted by Crippen LogP contribution is -2.39. The highest BCUT2D eigenvalue weighted by molar-refractivity contribution is 7.89. The fourth-order valence-corrected chi connectivity index (χ4v) is 4.12. The van der Waals surface area contributed by atoms with Crippen LogP contribution in [0.15, 0.2) is 52.4 Å². The van der Waals surface area contributed by atoms with Gasteiger partial charge in [-0.2, -0.15) is 0 Å². The Kier molecular flexibility index (Phi) is 10.9. The maximum Gasteiger partial charge on any atom is 0.238 e. The Morgan fingerprint density at radius 1 is 0.973 bits per heavy atom. The third-order valence-corrected chi connectivity index (χ3v) is 6.24. The van der Waals surface area contributed by atoms with E-state index < -0.39 is 16.1 Å². The number of guanidine groups is 1. The molecule has 0 bridgehead atoms. The van der Waals surface area contributed by atoms with Crippen molar-refractivity contribution in [3.05, 3.63) is 53.6 Å². The van der Waals surface area contributed by atoms with Crippen LogP contribution in [0.3, 0.4) is 0 Å². The van der Waals surface area contributed by atoms with Crippen molar-refractivity contribution in [2.24, 2.45) is 21.8 Å². The number of amides is 2. The maximum absolute atomic E-state index is 12.5. The number of rotatable bonds is 12. The Balaban J connectivity index is 1.96. The van der Waals surface area contributed by atoms with Gasteiger partial charge >= 0.3 is 0 Å². The van der Waals surface area contributed by atoms with Crippen LogP contribution < -0.4 is 31.0 Å². The third-order valence-electron chi connectivity index (χ3n) is 5.31. The van der Waals surface area contributed by atoms with Gasteiger partial charge in [-0.05, 0) is 47.7 Å². The van der Waals surface area contributed by atoms with Gasteiger partial charge in [-0.15, -0.1) is 0 Å². The summed E-state index contributed by atoms with van der Waals surface area (Å²) in [5, 5.41) is 10.5. The molecule has 0 fully saturated rings. The Labute approximate surface area is 217 Å². The number of carbonyl (C=O) groups excluding carboxylic acids is 2. The first-order chi connectivity index (χ1) is 17.4. The molecule has 202 valence electrons. The van der Waals surface area contributed by atoms with Crippen molar-refractivity contribution >= 4 is 27.8 Å². The minimum Gasteiger partial charge on any atom is -0.493 e. The van der Waals surface area contributed by atoms with Crippen LogP contribution in [-0.4, -0.2) is 46.5 Å². The largest absolute Gasteiger partial charge is 0.493 e. The first-order valence-electron chi connectivity index (χ1n) is 11.6. The fourth-order valence-electron chi connectivity index (χ4n) is 3.60. The number of nitrogens with zero attached hydrogens (tertiary/aromatic N) is 1. The van der Waals surface area contributed by atoms with Crippen LogP contribution in [-0.2, 0) is 32.6 Å². The number of hydrogen-bond acceptors (Lipinski definition) is 7. The van der Waals surface area contributed by atoms with E-state index in [1.165, 1.54) is 26.4 Å². The summed E-state index contributed by atoms with van der Waals surface area (Å²) in [4.78, 5) is 29.4. The van der Waals surface area contributed by atoms with Gasteiger partial charge in [0.05, 0.1) is 31.6 Å². The normalized spacial score (nSPS) is 12.6. The van der Waals surface area contributed by atoms with E-state index in [0.717, 1.165) is 0 Å². The van der Waals surface area contributed by atoms with Gasteiger partial charge in [0.15, 0.2) is 17.5 Å². The molecule has 2 amide bonds. The molecule has 2 aromatic carbocycles. The van der Waals surface area contributed by atoms with E-state index >= 15 is 0 Å². The van der Waals surface area contributed by atoms with Crippen LogP contribution in [0.5, 0.6) is 11.5 Å². The summed E-state index contributed by atoms with van der Waals surface area (Å²) in [5.41, 5.74) is 7.40. The number of sulfonamides is 1. The number of hydrogen-bond donors (Lipinski definition) is 4. The molecule has 12 heteroatoms. The summed E-state index contributed by atoms with van der Waals surface area (Å²) in [7, 11) is -0.731. The van der Waals surface area contributed by atoms with Crippen LogP contribution >= 0.6 is 0 Å². The van der Waals surface area contributed by atoms with Gasteiger partial charge in [-0.1, -0.05) is 32.0 Å². The molecule has 0 radical (unpaired) electrons. The molecule has 0 aliphatic heterocycles. The van der Waals surface area contributed by atoms with Gasteiger partial charge < -0.3 is 20.5 Å². The molecule has 2 rings (SSSR count). The molecule has 0 aliphatic rings. The predicted octanol–water partition coefficient (Wildman–Crippen LogP) is 1.45. The van der Waals surface area contributed by atoms with Crippen molar-refractivity contribution < 1.29 is 27.5 Å². The van der Waals surface area contributed by atoms with Gasteiger partial charge in [0.2, 0.25) is 21.8 Å². The Hall–Kier alpha value is -3.64. The van der Waals surface area contributed by atoms with Crippen LogP contribution in [0, 0.1) is 5.92 Å². The highest BCUT2D eigenvalue weighted by atomic mass is 32.2. The smallest absolute Gasteiger partial charge is 0.238 e. The van der Waals surface area contributed by atoms with Crippen LogP contribution in [0.1, 0.15) is 37.8 Å². The zero-order valence-electron chi connectivity index (χ0n) is 21.5. The van der Waals surface area contributed by atoms with Crippen molar-refractivity contribution in [1.29, 1.82) is 0 Å². The Morgan fingerprint density at radius 2 is 1.59 bits per heavy atom. The number of aliphatic imine (C=N–C) groups is 1. The molecule has 6 N–H and O–H groups in total. The van der Waals surface area contributed by atoms with Gasteiger partial charge in [0, 0.05) is 13.0 Å². The molecule has 11 nitrogen and oxygen atoms in total. The number of primary sulfonamides is 1. The summed E-state index contributed by atoms with van der Waals surface area (Å²) in [6.45, 7) is 4.21. The molecular formula is C25H35N5O6S. The highest BCUT2D eigenvalue weighted by Crippen LogP contribution is 2.27. The number of nitrogens with two attached hydrogens (primary N) is 2. The van der Waals surface area contributed by atoms with E-state index in [9.17, 15) is 18.0 Å². The zero-order chi connectivity index (χ0) is 27.6. The molecule has 0 saturated heterocycles. The second-order valence-electron chi connectivity index (χ2n) is 8.88. The molecule has 0 spiro atoms. The number of nitrogens with one attached hydrogen (secondary N) is 2. The molecule has 0 aromatic heterocycles. The quantitative estimate of drug-likeness (QED) is 0.236. The van der Waals surface area contributed by atoms with E-state index in [2.05, 4.69) is 15.6 Å². The van der Waals surface area contributed by atoms with Crippen LogP contribution in [0.4, 0.5) is 0 Å². The van der Waals surface area contributed by atoms with Crippen molar-refractivity contribution in [2.45, 2.75) is 50.6 Å². The van der Waals surface area contributed by atoms with Gasteiger partial charge in [0.25, 0.3) is 0 Å². The molecule has 0 aliphatic carbocycles. The summed E-state index contributed by atoms with van der Waals surface area (Å²) in [6, 6.07) is 10.7. The Bertz CT molecular complexity index is 1210. The SMILES string of the molecule is COc1ccc(CC(=O)NC(N)=N[C@@H](CC(=O)NCc2ccc(S(N)(=O)=O)cc2)CC(C)C)cc1OC. The number of methoxy groups -OCH3 is 2. The van der Waals surface area contributed by atoms with E-state index in [4.69, 9.17) is 20.3 Å². The predicted molar refractivity (Wildman–Crippen MR) is 141 cm³/mol. The zero-order valence-corrected chi connectivity index (χ0v) is 22.3. The highest BCUT2D eigenvalue weighted by Gasteiger charge is 2.17. The van der Waals surface area contributed by atoms with E-state index in [1.807, 2.05) is 13.8 Å². The number of ether oxygens (including phenoxy) is 2. The summed E-state index contributed by atoms with van der Waals surface area (Å²) in [6.07, 6.45) is 0.707. The molecule has 0 saturated carbocycles. The van der Waals surface area contributed by atoms with E-state index in [0.29, 0.717) is 29.0 Å². The molecule has 2 aromatic rings. The lowest BCUT2D eigenvalue weighted by atomic mass is 10.0. The lowest BCUT2D eigenvalue weighted by Gasteiger charge is -2.16. The third kappa shape index (κ3) is 10.1. The van der Waals surface area contributed by atoms with Crippen molar-refractivity contribution in [3.8, 4) is 11.5 Å². The Morgan fingerprint density at radius 3 is 2.16 bits per heavy atom. The van der Waals surface area contributed by atoms with Gasteiger partial charge in [-0.25, -0.2) is 18.5 Å². The summed E-state index contributed by atoms with van der Waals surface area (Å²) >= 11 is 0. The monoisotopic (exact) mass is 533 g/mol. The molecule has 0 unspecified atom stereocenters. The number of carbonyl (C=O) groups is 2. The van der Waals surface area contributed by atoms with Crippen molar-refractivity contribution in [3.63, 3.8) is 0 Å². The first kappa shape index (κ1) is 29.6. The average Bonchev–Trinajstić information content (AvgIpc) is 2.81. The standard InChI is InChI=1S/C25H35N5O6S/c1-16(2)11-19(14-23(31)28-15-17-5-8-20(9-6-17)37(27,33)34)29-25(26)30-24(32)13-18-7-10-21(35-3)22(12-18)36-4/h5-10,12,16,19H,11,13-15H2,1-4H3,(H,28,31)(H2,27,33,34)(H3,26,29,30,32)/t19-/m1/s1. The van der Waals surface area contributed by atoms with Gasteiger partial charge in [-0.3, -0.25) is 14.9 Å². The summed E-state index contributed by atoms with van der Waals surface area (Å²) < 4.78 is 33.2. The molecular weight excluding hydrogens is 498 g/mol. The molecule has 0 heterocycles. The number of benzene rings is 2. The van der Waals surface area contributed by atoms with E-state index in [-0.39, 0.29) is 48.0 Å². The van der Waals surface area contributed by atoms with E-state index in [1.54, 1.807) is 30.3 Å². The van der Waals surface area contributed by atoms with Crippen LogP contribution in [0.25, 0.3) is 0 Å². The van der Waals surface area contributed by atoms with Crippen molar-refractivity contribution in [2.75, 3.05) is 14.2 Å². The minimum atomic E-state index is -3.78. The topological polar surface area (TPSA) is 175 Å². The minimum absolute atomic E-state index is 0.00226. The average molecular weight is 534 g/mol. The van der Waals surface area contributed by atoms with Crippen LogP contribution in [0.2, 0.25) is 0 Å². The second kappa shape index (κ2) is 13.6. The second-order valence-corrected chi connectivity index (χ2v) is 10.4. The summed E-state index contributed by atoms with van der Waals surface area (Å²) in [5.74, 6) is 0.629. The first-order valence-corrected chi connectivity index (χ1v) is 13.2. The molecule has 37 heavy (non-hydrogen) atoms. The maximum atomic E-state index is 12.5. The molecule has 1 atom stereocenters. The fraction of sp³-hybridized carbons (Fsp3) is 0.400. The lowest BCUT2D eigenvalue weighted by molar-refractivity contribution is -0.121. The van der Waals surface area contributed by atoms with Gasteiger partial charge in [0.1, 0.15) is 0 Å².